The number of rotatable bonds is 11. The Morgan fingerprint density at radius 1 is 0.775 bits per heavy atom. The Morgan fingerprint density at radius 2 is 1.25 bits per heavy atom. The number of hydrogen-bond acceptors (Lipinski definition) is 4. The molecule has 0 heterocycles. The van der Waals surface area contributed by atoms with Crippen LogP contribution in [0.2, 0.25) is 0 Å². The van der Waals surface area contributed by atoms with E-state index in [2.05, 4.69) is 26.1 Å². The second-order valence-corrected chi connectivity index (χ2v) is 11.6. The molecule has 0 aromatic carbocycles. The number of carbonyl (C=O) groups excluding carboxylic acids is 3. The number of nitrogens with two attached hydrogens (primary N) is 1. The molecular formula is C35H72N2O3. The van der Waals surface area contributed by atoms with Crippen LogP contribution in [0.5, 0.6) is 0 Å². The highest BCUT2D eigenvalue weighted by molar-refractivity contribution is 5.82. The molecule has 0 aromatic rings. The molecule has 0 aliphatic heterocycles. The van der Waals surface area contributed by atoms with Gasteiger partial charge < -0.3 is 11.1 Å². The zero-order valence-electron chi connectivity index (χ0n) is 29.0. The summed E-state index contributed by atoms with van der Waals surface area (Å²) in [4.78, 5) is 35.3. The molecule has 5 nitrogen and oxygen atoms in total. The minimum Gasteiger partial charge on any atom is -0.356 e. The number of carbonyl (C=O) groups is 3. The van der Waals surface area contributed by atoms with Crippen LogP contribution in [-0.4, -0.2) is 30.6 Å². The zero-order chi connectivity index (χ0) is 31.7. The summed E-state index contributed by atoms with van der Waals surface area (Å²) >= 11 is 0. The van der Waals surface area contributed by atoms with Crippen molar-refractivity contribution < 1.29 is 14.4 Å². The van der Waals surface area contributed by atoms with Crippen LogP contribution in [-0.2, 0) is 14.4 Å². The zero-order valence-corrected chi connectivity index (χ0v) is 29.0. The van der Waals surface area contributed by atoms with Crippen LogP contribution in [0.4, 0.5) is 0 Å². The molecule has 2 rings (SSSR count). The predicted molar refractivity (Wildman–Crippen MR) is 175 cm³/mol. The molecule has 2 unspecified atom stereocenters. The van der Waals surface area contributed by atoms with E-state index >= 15 is 0 Å². The Hall–Kier alpha value is -1.23. The van der Waals surface area contributed by atoms with Crippen LogP contribution in [0.1, 0.15) is 154 Å². The predicted octanol–water partition coefficient (Wildman–Crippen LogP) is 9.02. The fourth-order valence-electron chi connectivity index (χ4n) is 5.33. The largest absolute Gasteiger partial charge is 0.356 e. The van der Waals surface area contributed by atoms with Gasteiger partial charge in [0, 0.05) is 30.2 Å². The van der Waals surface area contributed by atoms with Crippen molar-refractivity contribution in [1.82, 2.24) is 5.32 Å². The number of hydrogen-bond donors (Lipinski definition) is 2. The lowest BCUT2D eigenvalue weighted by molar-refractivity contribution is -0.128. The fourth-order valence-corrected chi connectivity index (χ4v) is 5.33. The molecule has 240 valence electrons. The first-order valence-corrected chi connectivity index (χ1v) is 17.1. The SMILES string of the molecule is CC.CC.CC.CC1CCC(C(=O)NCC2CCC(C(=O)C(C)C)CC2)CC1.CCC(CCC(C)CN)C(C)=O. The van der Waals surface area contributed by atoms with Gasteiger partial charge in [-0.05, 0) is 102 Å². The summed E-state index contributed by atoms with van der Waals surface area (Å²) < 4.78 is 0. The normalized spacial score (nSPS) is 23.1. The van der Waals surface area contributed by atoms with E-state index in [1.165, 1.54) is 12.8 Å². The Balaban J connectivity index is -0.000000647. The Kier molecular flexibility index (Phi) is 30.2. The van der Waals surface area contributed by atoms with Gasteiger partial charge in [0.05, 0.1) is 0 Å². The molecule has 0 spiro atoms. The van der Waals surface area contributed by atoms with Crippen molar-refractivity contribution in [2.24, 2.45) is 47.2 Å². The Bertz CT molecular complexity index is 604. The highest BCUT2D eigenvalue weighted by Gasteiger charge is 2.29. The van der Waals surface area contributed by atoms with E-state index in [-0.39, 0.29) is 29.6 Å². The maximum absolute atomic E-state index is 12.2. The first kappa shape index (κ1) is 43.2. The molecular weight excluding hydrogens is 496 g/mol. The van der Waals surface area contributed by atoms with Gasteiger partial charge in [-0.3, -0.25) is 14.4 Å². The third-order valence-electron chi connectivity index (χ3n) is 8.25. The van der Waals surface area contributed by atoms with Gasteiger partial charge in [0.2, 0.25) is 5.91 Å². The first-order chi connectivity index (χ1) is 19.1. The van der Waals surface area contributed by atoms with Crippen molar-refractivity contribution in [3.05, 3.63) is 0 Å². The third kappa shape index (κ3) is 19.8. The summed E-state index contributed by atoms with van der Waals surface area (Å²) in [6.45, 7) is 25.7. The number of ketones is 2. The van der Waals surface area contributed by atoms with Crippen LogP contribution in [0.3, 0.4) is 0 Å². The highest BCUT2D eigenvalue weighted by atomic mass is 16.2. The minimum atomic E-state index is 0.162. The van der Waals surface area contributed by atoms with Crippen molar-refractivity contribution in [3.8, 4) is 0 Å². The molecule has 2 fully saturated rings. The van der Waals surface area contributed by atoms with Crippen molar-refractivity contribution in [3.63, 3.8) is 0 Å². The van der Waals surface area contributed by atoms with Crippen molar-refractivity contribution in [2.75, 3.05) is 13.1 Å². The quantitative estimate of drug-likeness (QED) is 0.260. The van der Waals surface area contributed by atoms with Crippen molar-refractivity contribution in [1.29, 1.82) is 0 Å². The van der Waals surface area contributed by atoms with Gasteiger partial charge in [0.25, 0.3) is 0 Å². The lowest BCUT2D eigenvalue weighted by atomic mass is 9.77. The van der Waals surface area contributed by atoms with Gasteiger partial charge in [-0.1, -0.05) is 76.2 Å². The van der Waals surface area contributed by atoms with E-state index in [4.69, 9.17) is 5.73 Å². The number of amides is 1. The molecule has 0 bridgehead atoms. The lowest BCUT2D eigenvalue weighted by Gasteiger charge is -2.30. The second kappa shape index (κ2) is 27.9. The summed E-state index contributed by atoms with van der Waals surface area (Å²) in [7, 11) is 0. The molecule has 0 saturated heterocycles. The van der Waals surface area contributed by atoms with E-state index in [1.807, 2.05) is 55.4 Å². The average molecular weight is 569 g/mol. The molecule has 40 heavy (non-hydrogen) atoms. The lowest BCUT2D eigenvalue weighted by Crippen LogP contribution is -2.37. The summed E-state index contributed by atoms with van der Waals surface area (Å²) in [6.07, 6.45) is 11.8. The van der Waals surface area contributed by atoms with E-state index in [0.29, 0.717) is 23.4 Å². The van der Waals surface area contributed by atoms with Crippen LogP contribution >= 0.6 is 0 Å². The van der Waals surface area contributed by atoms with Crippen LogP contribution in [0, 0.1) is 41.4 Å². The third-order valence-corrected chi connectivity index (χ3v) is 8.25. The van der Waals surface area contributed by atoms with Gasteiger partial charge in [0.1, 0.15) is 11.6 Å². The molecule has 0 radical (unpaired) electrons. The fraction of sp³-hybridized carbons (Fsp3) is 0.914. The van der Waals surface area contributed by atoms with Gasteiger partial charge in [0.15, 0.2) is 0 Å². The molecule has 0 aromatic heterocycles. The Morgan fingerprint density at radius 3 is 1.65 bits per heavy atom. The second-order valence-electron chi connectivity index (χ2n) is 11.6. The molecule has 2 saturated carbocycles. The molecule has 3 N–H and O–H groups in total. The standard InChI is InChI=1S/C19H33NO2.C10H21NO.3C2H6/c1-13(2)18(21)16-10-6-15(7-11-16)12-20-19(22)17-8-4-14(3)5-9-17;1-4-10(9(3)12)6-5-8(2)7-11;3*1-2/h13-17H,4-12H2,1-3H3,(H,20,22);8,10H,4-7,11H2,1-3H3;3*1-2H3. The summed E-state index contributed by atoms with van der Waals surface area (Å²) in [5, 5.41) is 3.18. The Labute approximate surface area is 251 Å². The molecule has 2 aliphatic rings. The van der Waals surface area contributed by atoms with E-state index in [1.54, 1.807) is 6.92 Å². The minimum absolute atomic E-state index is 0.162. The summed E-state index contributed by atoms with van der Waals surface area (Å²) in [5.74, 6) is 3.88. The molecule has 2 atom stereocenters. The molecule has 5 heteroatoms. The monoisotopic (exact) mass is 569 g/mol. The van der Waals surface area contributed by atoms with Crippen LogP contribution in [0.25, 0.3) is 0 Å². The average Bonchev–Trinajstić information content (AvgIpc) is 2.99. The number of nitrogens with one attached hydrogen (secondary N) is 1. The van der Waals surface area contributed by atoms with E-state index < -0.39 is 0 Å². The highest BCUT2D eigenvalue weighted by Crippen LogP contribution is 2.31. The van der Waals surface area contributed by atoms with Crippen LogP contribution < -0.4 is 11.1 Å². The van der Waals surface area contributed by atoms with Crippen molar-refractivity contribution in [2.45, 2.75) is 154 Å². The first-order valence-electron chi connectivity index (χ1n) is 17.1. The van der Waals surface area contributed by atoms with Crippen LogP contribution in [0.15, 0.2) is 0 Å². The van der Waals surface area contributed by atoms with Gasteiger partial charge in [-0.25, -0.2) is 0 Å². The topological polar surface area (TPSA) is 89.3 Å². The maximum atomic E-state index is 12.2. The molecule has 2 aliphatic carbocycles. The van der Waals surface area contributed by atoms with E-state index in [0.717, 1.165) is 76.8 Å². The van der Waals surface area contributed by atoms with Gasteiger partial charge in [-0.15, -0.1) is 0 Å². The smallest absolute Gasteiger partial charge is 0.223 e. The summed E-state index contributed by atoms with van der Waals surface area (Å²) in [6, 6.07) is 0. The van der Waals surface area contributed by atoms with Gasteiger partial charge >= 0.3 is 0 Å². The summed E-state index contributed by atoms with van der Waals surface area (Å²) in [5.41, 5.74) is 5.49. The maximum Gasteiger partial charge on any atom is 0.223 e. The van der Waals surface area contributed by atoms with Crippen molar-refractivity contribution >= 4 is 17.5 Å². The van der Waals surface area contributed by atoms with Gasteiger partial charge in [-0.2, -0.15) is 0 Å². The van der Waals surface area contributed by atoms with E-state index in [9.17, 15) is 14.4 Å². The molecule has 1 amide bonds. The number of Topliss-reactive ketones (excluding diaryl/α,β-unsaturated/α-hetero) is 2.